The van der Waals surface area contributed by atoms with Crippen molar-refractivity contribution in [3.8, 4) is 0 Å². The summed E-state index contributed by atoms with van der Waals surface area (Å²) in [6, 6.07) is 0. The molecule has 0 spiro atoms. The van der Waals surface area contributed by atoms with E-state index in [2.05, 4.69) is 15.1 Å². The van der Waals surface area contributed by atoms with Crippen LogP contribution in [-0.4, -0.2) is 39.2 Å². The molecule has 0 aromatic carbocycles. The van der Waals surface area contributed by atoms with Crippen molar-refractivity contribution in [1.82, 2.24) is 19.7 Å². The average molecular weight is 206 g/mol. The zero-order valence-electron chi connectivity index (χ0n) is 9.05. The van der Waals surface area contributed by atoms with Gasteiger partial charge in [-0.1, -0.05) is 0 Å². The number of hydrogen-bond acceptors (Lipinski definition) is 5. The van der Waals surface area contributed by atoms with Crippen molar-refractivity contribution in [2.45, 2.75) is 13.1 Å². The van der Waals surface area contributed by atoms with Crippen LogP contribution in [0.3, 0.4) is 0 Å². The van der Waals surface area contributed by atoms with E-state index in [9.17, 15) is 0 Å². The standard InChI is InChI=1S/C9H14N6/c1-6-7(8(10)14(2)5-12-6)9-11-4-13-15(9)3/h4-5,8H,10H2,1-3H3. The van der Waals surface area contributed by atoms with Gasteiger partial charge in [-0.2, -0.15) is 5.10 Å². The molecule has 2 rings (SSSR count). The topological polar surface area (TPSA) is 72.3 Å². The number of aliphatic imine (C=N–C) groups is 1. The molecule has 6 nitrogen and oxygen atoms in total. The highest BCUT2D eigenvalue weighted by molar-refractivity contribution is 5.75. The lowest BCUT2D eigenvalue weighted by atomic mass is 10.1. The van der Waals surface area contributed by atoms with Crippen molar-refractivity contribution in [2.75, 3.05) is 7.05 Å². The predicted octanol–water partition coefficient (Wildman–Crippen LogP) is -0.195. The summed E-state index contributed by atoms with van der Waals surface area (Å²) in [6.07, 6.45) is 3.02. The van der Waals surface area contributed by atoms with Crippen LogP contribution in [0.25, 0.3) is 5.57 Å². The van der Waals surface area contributed by atoms with Crippen molar-refractivity contribution in [2.24, 2.45) is 17.8 Å². The van der Waals surface area contributed by atoms with Crippen molar-refractivity contribution in [1.29, 1.82) is 0 Å². The van der Waals surface area contributed by atoms with E-state index in [1.54, 1.807) is 11.0 Å². The number of nitrogens with two attached hydrogens (primary N) is 1. The summed E-state index contributed by atoms with van der Waals surface area (Å²) in [5.41, 5.74) is 7.87. The van der Waals surface area contributed by atoms with E-state index in [4.69, 9.17) is 5.73 Å². The largest absolute Gasteiger partial charge is 0.346 e. The molecular formula is C9H14N6. The Bertz CT molecular complexity index is 430. The van der Waals surface area contributed by atoms with Crippen LogP contribution in [0.5, 0.6) is 0 Å². The smallest absolute Gasteiger partial charge is 0.158 e. The maximum absolute atomic E-state index is 6.07. The van der Waals surface area contributed by atoms with Crippen LogP contribution < -0.4 is 5.73 Å². The third-order valence-corrected chi connectivity index (χ3v) is 2.51. The first kappa shape index (κ1) is 9.85. The number of likely N-dealkylation sites (N-methyl/N-ethyl adjacent to an activating group) is 1. The molecule has 0 bridgehead atoms. The molecular weight excluding hydrogens is 192 g/mol. The third kappa shape index (κ3) is 1.52. The Balaban J connectivity index is 2.51. The summed E-state index contributed by atoms with van der Waals surface area (Å²) >= 11 is 0. The number of nitrogens with zero attached hydrogens (tertiary/aromatic N) is 5. The summed E-state index contributed by atoms with van der Waals surface area (Å²) < 4.78 is 1.70. The van der Waals surface area contributed by atoms with Gasteiger partial charge < -0.3 is 10.6 Å². The van der Waals surface area contributed by atoms with Gasteiger partial charge in [0, 0.05) is 19.8 Å². The Morgan fingerprint density at radius 1 is 1.40 bits per heavy atom. The summed E-state index contributed by atoms with van der Waals surface area (Å²) in [4.78, 5) is 10.3. The fourth-order valence-electron chi connectivity index (χ4n) is 1.57. The molecule has 0 radical (unpaired) electrons. The summed E-state index contributed by atoms with van der Waals surface area (Å²) in [5.74, 6) is 0.767. The third-order valence-electron chi connectivity index (χ3n) is 2.51. The lowest BCUT2D eigenvalue weighted by Gasteiger charge is -2.28. The van der Waals surface area contributed by atoms with Crippen LogP contribution in [0.4, 0.5) is 0 Å². The minimum atomic E-state index is -0.217. The van der Waals surface area contributed by atoms with Crippen molar-refractivity contribution in [3.63, 3.8) is 0 Å². The summed E-state index contributed by atoms with van der Waals surface area (Å²) in [5, 5.41) is 4.03. The molecule has 15 heavy (non-hydrogen) atoms. The SMILES string of the molecule is CC1=C(c2ncnn2C)C(N)N(C)C=N1. The van der Waals surface area contributed by atoms with E-state index in [0.29, 0.717) is 0 Å². The minimum Gasteiger partial charge on any atom is -0.346 e. The first-order valence-electron chi connectivity index (χ1n) is 4.68. The Hall–Kier alpha value is -1.69. The maximum atomic E-state index is 6.07. The van der Waals surface area contributed by atoms with Gasteiger partial charge in [0.25, 0.3) is 0 Å². The first-order chi connectivity index (χ1) is 7.11. The first-order valence-corrected chi connectivity index (χ1v) is 4.68. The molecule has 6 heteroatoms. The van der Waals surface area contributed by atoms with E-state index in [1.807, 2.05) is 25.9 Å². The van der Waals surface area contributed by atoms with Crippen LogP contribution in [0.2, 0.25) is 0 Å². The van der Waals surface area contributed by atoms with Gasteiger partial charge >= 0.3 is 0 Å². The number of allylic oxidation sites excluding steroid dienone is 1. The lowest BCUT2D eigenvalue weighted by molar-refractivity contribution is 0.448. The van der Waals surface area contributed by atoms with Gasteiger partial charge in [-0.15, -0.1) is 0 Å². The highest BCUT2D eigenvalue weighted by Crippen LogP contribution is 2.23. The summed E-state index contributed by atoms with van der Waals surface area (Å²) in [7, 11) is 3.73. The zero-order valence-corrected chi connectivity index (χ0v) is 9.05. The molecule has 0 saturated heterocycles. The van der Waals surface area contributed by atoms with Crippen LogP contribution in [0, 0.1) is 0 Å². The van der Waals surface area contributed by atoms with Crippen LogP contribution >= 0.6 is 0 Å². The highest BCUT2D eigenvalue weighted by Gasteiger charge is 2.23. The van der Waals surface area contributed by atoms with Crippen LogP contribution in [-0.2, 0) is 7.05 Å². The number of rotatable bonds is 1. The molecule has 0 fully saturated rings. The molecule has 1 aliphatic heterocycles. The molecule has 1 atom stereocenters. The normalized spacial score (nSPS) is 21.3. The fourth-order valence-corrected chi connectivity index (χ4v) is 1.57. The highest BCUT2D eigenvalue weighted by atomic mass is 15.3. The Morgan fingerprint density at radius 2 is 2.13 bits per heavy atom. The molecule has 2 heterocycles. The van der Waals surface area contributed by atoms with E-state index >= 15 is 0 Å². The zero-order chi connectivity index (χ0) is 11.0. The van der Waals surface area contributed by atoms with Gasteiger partial charge in [0.15, 0.2) is 5.82 Å². The van der Waals surface area contributed by atoms with Crippen molar-refractivity contribution < 1.29 is 0 Å². The van der Waals surface area contributed by atoms with Gasteiger partial charge in [0.05, 0.1) is 11.9 Å². The Morgan fingerprint density at radius 3 is 2.73 bits per heavy atom. The monoisotopic (exact) mass is 206 g/mol. The average Bonchev–Trinajstić information content (AvgIpc) is 2.60. The predicted molar refractivity (Wildman–Crippen MR) is 57.8 cm³/mol. The molecule has 2 N–H and O–H groups in total. The molecule has 0 amide bonds. The quantitative estimate of drug-likeness (QED) is 0.691. The Labute approximate surface area is 88.1 Å². The van der Waals surface area contributed by atoms with Gasteiger partial charge in [-0.25, -0.2) is 14.7 Å². The molecule has 1 aromatic heterocycles. The molecule has 1 aliphatic rings. The second-order valence-electron chi connectivity index (χ2n) is 3.56. The Kier molecular flexibility index (Phi) is 2.28. The van der Waals surface area contributed by atoms with Crippen molar-refractivity contribution >= 4 is 11.9 Å². The lowest BCUT2D eigenvalue weighted by Crippen LogP contribution is -2.42. The van der Waals surface area contributed by atoms with E-state index in [-0.39, 0.29) is 6.17 Å². The molecule has 1 aromatic rings. The second kappa shape index (κ2) is 3.47. The fraction of sp³-hybridized carbons (Fsp3) is 0.444. The molecule has 1 unspecified atom stereocenters. The van der Waals surface area contributed by atoms with Crippen molar-refractivity contribution in [3.05, 3.63) is 17.8 Å². The van der Waals surface area contributed by atoms with Gasteiger partial charge in [-0.05, 0) is 6.92 Å². The number of aryl methyl sites for hydroxylation is 1. The van der Waals surface area contributed by atoms with Crippen LogP contribution in [0.1, 0.15) is 12.7 Å². The molecule has 0 saturated carbocycles. The maximum Gasteiger partial charge on any atom is 0.158 e. The minimum absolute atomic E-state index is 0.217. The van der Waals surface area contributed by atoms with Gasteiger partial charge in [0.2, 0.25) is 0 Å². The van der Waals surface area contributed by atoms with Gasteiger partial charge in [-0.3, -0.25) is 0 Å². The number of hydrogen-bond donors (Lipinski definition) is 1. The molecule has 0 aliphatic carbocycles. The summed E-state index contributed by atoms with van der Waals surface area (Å²) in [6.45, 7) is 1.92. The van der Waals surface area contributed by atoms with Gasteiger partial charge in [0.1, 0.15) is 12.5 Å². The molecule has 80 valence electrons. The van der Waals surface area contributed by atoms with Crippen LogP contribution in [0.15, 0.2) is 17.0 Å². The van der Waals surface area contributed by atoms with E-state index < -0.39 is 0 Å². The number of aromatic nitrogens is 3. The van der Waals surface area contributed by atoms with E-state index in [0.717, 1.165) is 17.1 Å². The second-order valence-corrected chi connectivity index (χ2v) is 3.56. The van der Waals surface area contributed by atoms with E-state index in [1.165, 1.54) is 6.33 Å².